The van der Waals surface area contributed by atoms with Crippen molar-refractivity contribution in [2.75, 3.05) is 26.2 Å². The van der Waals surface area contributed by atoms with Gasteiger partial charge in [-0.05, 0) is 25.2 Å². The largest absolute Gasteiger partial charge is 0.368 e. The van der Waals surface area contributed by atoms with Gasteiger partial charge in [-0.2, -0.15) is 4.98 Å². The minimum atomic E-state index is -0.0333. The molecule has 2 saturated heterocycles. The van der Waals surface area contributed by atoms with Gasteiger partial charge in [0, 0.05) is 32.5 Å². The summed E-state index contributed by atoms with van der Waals surface area (Å²) < 4.78 is 11.1. The van der Waals surface area contributed by atoms with Crippen molar-refractivity contribution in [2.45, 2.75) is 58.7 Å². The lowest BCUT2D eigenvalue weighted by molar-refractivity contribution is -0.141. The Morgan fingerprint density at radius 1 is 1.35 bits per heavy atom. The Balaban J connectivity index is 1.45. The second-order valence-electron chi connectivity index (χ2n) is 7.54. The van der Waals surface area contributed by atoms with E-state index in [0.29, 0.717) is 43.8 Å². The van der Waals surface area contributed by atoms with Crippen LogP contribution in [-0.2, 0) is 27.4 Å². The van der Waals surface area contributed by atoms with Crippen LogP contribution in [0.5, 0.6) is 0 Å². The van der Waals surface area contributed by atoms with E-state index in [9.17, 15) is 9.59 Å². The van der Waals surface area contributed by atoms with Crippen molar-refractivity contribution in [1.82, 2.24) is 19.9 Å². The Morgan fingerprint density at radius 3 is 2.92 bits per heavy atom. The summed E-state index contributed by atoms with van der Waals surface area (Å²) >= 11 is 0. The molecule has 1 unspecified atom stereocenters. The minimum absolute atomic E-state index is 0.00679. The zero-order chi connectivity index (χ0) is 18.5. The van der Waals surface area contributed by atoms with Crippen molar-refractivity contribution in [3.8, 4) is 0 Å². The van der Waals surface area contributed by atoms with Crippen LogP contribution in [0.25, 0.3) is 0 Å². The molecular weight excluding hydrogens is 336 g/mol. The maximum absolute atomic E-state index is 12.5. The smallest absolute Gasteiger partial charge is 0.242 e. The summed E-state index contributed by atoms with van der Waals surface area (Å²) in [6.07, 6.45) is 3.94. The van der Waals surface area contributed by atoms with Gasteiger partial charge in [0.1, 0.15) is 6.61 Å². The van der Waals surface area contributed by atoms with E-state index in [4.69, 9.17) is 9.26 Å². The second-order valence-corrected chi connectivity index (χ2v) is 7.54. The standard InChI is InChI=1S/C18H28N4O4/c1-13(2)9-16-19-15(20-26-16)12-25-14-5-3-7-21(10-14)18(24)11-22-8-4-6-17(22)23/h13-14H,3-12H2,1-2H3. The van der Waals surface area contributed by atoms with Gasteiger partial charge in [-0.1, -0.05) is 19.0 Å². The molecule has 144 valence electrons. The number of rotatable bonds is 7. The van der Waals surface area contributed by atoms with Crippen LogP contribution in [0.15, 0.2) is 4.52 Å². The topological polar surface area (TPSA) is 88.8 Å². The highest BCUT2D eigenvalue weighted by Gasteiger charge is 2.28. The van der Waals surface area contributed by atoms with E-state index in [1.165, 1.54) is 0 Å². The molecule has 2 aliphatic heterocycles. The van der Waals surface area contributed by atoms with Gasteiger partial charge in [-0.15, -0.1) is 0 Å². The molecule has 8 nitrogen and oxygen atoms in total. The van der Waals surface area contributed by atoms with Crippen LogP contribution in [0.4, 0.5) is 0 Å². The summed E-state index contributed by atoms with van der Waals surface area (Å²) in [7, 11) is 0. The van der Waals surface area contributed by atoms with Gasteiger partial charge in [0.25, 0.3) is 0 Å². The Morgan fingerprint density at radius 2 is 2.19 bits per heavy atom. The van der Waals surface area contributed by atoms with E-state index in [1.807, 2.05) is 0 Å². The van der Waals surface area contributed by atoms with Crippen molar-refractivity contribution in [3.05, 3.63) is 11.7 Å². The summed E-state index contributed by atoms with van der Waals surface area (Å²) in [5.74, 6) is 1.73. The highest BCUT2D eigenvalue weighted by atomic mass is 16.5. The fourth-order valence-electron chi connectivity index (χ4n) is 3.41. The molecule has 1 aromatic rings. The molecule has 26 heavy (non-hydrogen) atoms. The lowest BCUT2D eigenvalue weighted by Gasteiger charge is -2.33. The molecule has 2 aliphatic rings. The molecule has 0 saturated carbocycles. The van der Waals surface area contributed by atoms with Gasteiger partial charge in [-0.25, -0.2) is 0 Å². The van der Waals surface area contributed by atoms with Crippen LogP contribution in [0.3, 0.4) is 0 Å². The molecule has 2 amide bonds. The number of aromatic nitrogens is 2. The van der Waals surface area contributed by atoms with Crippen LogP contribution in [0.2, 0.25) is 0 Å². The van der Waals surface area contributed by atoms with Crippen molar-refractivity contribution in [2.24, 2.45) is 5.92 Å². The van der Waals surface area contributed by atoms with Gasteiger partial charge in [0.2, 0.25) is 17.7 Å². The number of hydrogen-bond donors (Lipinski definition) is 0. The molecule has 3 heterocycles. The lowest BCUT2D eigenvalue weighted by atomic mass is 10.1. The van der Waals surface area contributed by atoms with E-state index in [-0.39, 0.29) is 24.5 Å². The molecule has 0 N–H and O–H groups in total. The summed E-state index contributed by atoms with van der Waals surface area (Å²) in [6.45, 7) is 6.65. The second kappa shape index (κ2) is 8.62. The highest BCUT2D eigenvalue weighted by molar-refractivity contribution is 5.85. The Bertz CT molecular complexity index is 630. The monoisotopic (exact) mass is 364 g/mol. The van der Waals surface area contributed by atoms with Gasteiger partial charge < -0.3 is 19.1 Å². The highest BCUT2D eigenvalue weighted by Crippen LogP contribution is 2.17. The molecule has 0 aromatic carbocycles. The predicted octanol–water partition coefficient (Wildman–Crippen LogP) is 1.40. The average molecular weight is 364 g/mol. The van der Waals surface area contributed by atoms with Crippen molar-refractivity contribution in [3.63, 3.8) is 0 Å². The number of likely N-dealkylation sites (tertiary alicyclic amines) is 2. The molecule has 8 heteroatoms. The Hall–Kier alpha value is -1.96. The van der Waals surface area contributed by atoms with Crippen LogP contribution >= 0.6 is 0 Å². The number of carbonyl (C=O) groups excluding carboxylic acids is 2. The number of piperidine rings is 1. The predicted molar refractivity (Wildman–Crippen MR) is 93.0 cm³/mol. The van der Waals surface area contributed by atoms with Gasteiger partial charge in [0.05, 0.1) is 12.6 Å². The van der Waals surface area contributed by atoms with Gasteiger partial charge >= 0.3 is 0 Å². The summed E-state index contributed by atoms with van der Waals surface area (Å²) in [5, 5.41) is 3.95. The third-order valence-electron chi connectivity index (χ3n) is 4.77. The molecule has 1 atom stereocenters. The number of amides is 2. The van der Waals surface area contributed by atoms with E-state index >= 15 is 0 Å². The van der Waals surface area contributed by atoms with Gasteiger partial charge in [-0.3, -0.25) is 9.59 Å². The van der Waals surface area contributed by atoms with Crippen LogP contribution in [0.1, 0.15) is 51.2 Å². The molecule has 0 spiro atoms. The van der Waals surface area contributed by atoms with Crippen LogP contribution in [0, 0.1) is 5.92 Å². The van der Waals surface area contributed by atoms with Crippen molar-refractivity contribution in [1.29, 1.82) is 0 Å². The number of carbonyl (C=O) groups is 2. The summed E-state index contributed by atoms with van der Waals surface area (Å²) in [5.41, 5.74) is 0. The molecule has 0 radical (unpaired) electrons. The van der Waals surface area contributed by atoms with E-state index in [2.05, 4.69) is 24.0 Å². The van der Waals surface area contributed by atoms with Gasteiger partial charge in [0.15, 0.2) is 5.82 Å². The third-order valence-corrected chi connectivity index (χ3v) is 4.77. The molecule has 0 bridgehead atoms. The number of ether oxygens (including phenoxy) is 1. The fraction of sp³-hybridized carbons (Fsp3) is 0.778. The summed E-state index contributed by atoms with van der Waals surface area (Å²) in [4.78, 5) is 32.0. The first kappa shape index (κ1) is 18.8. The quantitative estimate of drug-likeness (QED) is 0.727. The maximum atomic E-state index is 12.5. The third kappa shape index (κ3) is 5.03. The molecular formula is C18H28N4O4. The molecule has 3 rings (SSSR count). The van der Waals surface area contributed by atoms with Crippen LogP contribution in [-0.4, -0.2) is 64.0 Å². The fourth-order valence-corrected chi connectivity index (χ4v) is 3.41. The zero-order valence-corrected chi connectivity index (χ0v) is 15.6. The number of hydrogen-bond acceptors (Lipinski definition) is 6. The Kier molecular flexibility index (Phi) is 6.24. The molecule has 1 aromatic heterocycles. The zero-order valence-electron chi connectivity index (χ0n) is 15.6. The average Bonchev–Trinajstić information content (AvgIpc) is 3.22. The van der Waals surface area contributed by atoms with E-state index in [0.717, 1.165) is 32.2 Å². The normalized spacial score (nSPS) is 21.0. The maximum Gasteiger partial charge on any atom is 0.242 e. The minimum Gasteiger partial charge on any atom is -0.368 e. The lowest BCUT2D eigenvalue weighted by Crippen LogP contribution is -2.47. The van der Waals surface area contributed by atoms with E-state index in [1.54, 1.807) is 9.80 Å². The number of nitrogens with zero attached hydrogens (tertiary/aromatic N) is 4. The first-order valence-electron chi connectivity index (χ1n) is 9.50. The first-order valence-corrected chi connectivity index (χ1v) is 9.50. The SMILES string of the molecule is CC(C)Cc1nc(COC2CCCN(C(=O)CN3CCCC3=O)C2)no1. The Labute approximate surface area is 153 Å². The van der Waals surface area contributed by atoms with E-state index < -0.39 is 0 Å². The summed E-state index contributed by atoms with van der Waals surface area (Å²) in [6, 6.07) is 0. The van der Waals surface area contributed by atoms with Crippen molar-refractivity contribution >= 4 is 11.8 Å². The first-order chi connectivity index (χ1) is 12.5. The van der Waals surface area contributed by atoms with Crippen molar-refractivity contribution < 1.29 is 18.8 Å². The molecule has 0 aliphatic carbocycles. The molecule has 2 fully saturated rings. The van der Waals surface area contributed by atoms with Crippen LogP contribution < -0.4 is 0 Å².